The molecule has 1 heteroatoms. The maximum atomic E-state index is 10.2. The number of hydrogen-bond donors (Lipinski definition) is 0. The summed E-state index contributed by atoms with van der Waals surface area (Å²) in [6, 6.07) is 0. The summed E-state index contributed by atoms with van der Waals surface area (Å²) in [5, 5.41) is 0. The zero-order valence-corrected chi connectivity index (χ0v) is 7.05. The van der Waals surface area contributed by atoms with Crippen LogP contribution < -0.4 is 0 Å². The number of hydrogen-bond acceptors (Lipinski definition) is 1. The van der Waals surface area contributed by atoms with Gasteiger partial charge in [-0.2, -0.15) is 0 Å². The molecule has 1 nitrogen and oxygen atoms in total. The van der Waals surface area contributed by atoms with Crippen LogP contribution in [0.2, 0.25) is 0 Å². The minimum Gasteiger partial charge on any atom is -0.303 e. The highest BCUT2D eigenvalue weighted by Gasteiger charge is 2.20. The minimum atomic E-state index is 0.169. The second-order valence-electron chi connectivity index (χ2n) is 3.61. The summed E-state index contributed by atoms with van der Waals surface area (Å²) in [4.78, 5) is 10.2. The van der Waals surface area contributed by atoms with Crippen molar-refractivity contribution in [2.75, 3.05) is 0 Å². The molecule has 0 spiro atoms. The van der Waals surface area contributed by atoms with Crippen LogP contribution in [0.3, 0.4) is 0 Å². The van der Waals surface area contributed by atoms with E-state index in [0.29, 0.717) is 12.3 Å². The van der Waals surface area contributed by atoms with Gasteiger partial charge in [-0.25, -0.2) is 0 Å². The molecule has 0 fully saturated rings. The van der Waals surface area contributed by atoms with Gasteiger partial charge in [0.05, 0.1) is 0 Å². The van der Waals surface area contributed by atoms with Gasteiger partial charge in [0, 0.05) is 6.42 Å². The van der Waals surface area contributed by atoms with Crippen LogP contribution in [-0.4, -0.2) is 6.29 Å². The van der Waals surface area contributed by atoms with E-state index in [1.807, 2.05) is 6.08 Å². The van der Waals surface area contributed by atoms with Crippen molar-refractivity contribution in [1.82, 2.24) is 0 Å². The molecule has 0 unspecified atom stereocenters. The van der Waals surface area contributed by atoms with E-state index in [1.54, 1.807) is 0 Å². The van der Waals surface area contributed by atoms with Crippen molar-refractivity contribution in [3.8, 4) is 0 Å². The van der Waals surface area contributed by atoms with Gasteiger partial charge in [-0.3, -0.25) is 0 Å². The Morgan fingerprint density at radius 2 is 2.00 bits per heavy atom. The van der Waals surface area contributed by atoms with E-state index in [1.165, 1.54) is 0 Å². The molecular formula is C9H16O. The third-order valence-electron chi connectivity index (χ3n) is 1.75. The van der Waals surface area contributed by atoms with Crippen LogP contribution in [0.25, 0.3) is 0 Å². The summed E-state index contributed by atoms with van der Waals surface area (Å²) in [6.07, 6.45) is 3.40. The Hall–Kier alpha value is -0.590. The zero-order chi connectivity index (χ0) is 8.20. The van der Waals surface area contributed by atoms with Crippen molar-refractivity contribution in [1.29, 1.82) is 0 Å². The molecule has 1 atom stereocenters. The second kappa shape index (κ2) is 3.55. The van der Waals surface area contributed by atoms with Gasteiger partial charge in [-0.15, -0.1) is 6.58 Å². The van der Waals surface area contributed by atoms with Gasteiger partial charge in [0.15, 0.2) is 0 Å². The van der Waals surface area contributed by atoms with Crippen molar-refractivity contribution < 1.29 is 4.79 Å². The van der Waals surface area contributed by atoms with Crippen LogP contribution in [0, 0.1) is 11.3 Å². The van der Waals surface area contributed by atoms with Crippen LogP contribution in [0.4, 0.5) is 0 Å². The largest absolute Gasteiger partial charge is 0.303 e. The first-order valence-corrected chi connectivity index (χ1v) is 3.58. The Kier molecular flexibility index (Phi) is 3.34. The number of rotatable bonds is 3. The molecule has 0 rings (SSSR count). The van der Waals surface area contributed by atoms with Crippen molar-refractivity contribution >= 4 is 6.29 Å². The van der Waals surface area contributed by atoms with Crippen LogP contribution in [0.5, 0.6) is 0 Å². The van der Waals surface area contributed by atoms with E-state index in [-0.39, 0.29) is 5.41 Å². The summed E-state index contributed by atoms with van der Waals surface area (Å²) in [7, 11) is 0. The topological polar surface area (TPSA) is 17.1 Å². The average Bonchev–Trinajstić information content (AvgIpc) is 1.80. The Morgan fingerprint density at radius 3 is 2.10 bits per heavy atom. The normalized spacial score (nSPS) is 14.3. The Labute approximate surface area is 63.1 Å². The lowest BCUT2D eigenvalue weighted by atomic mass is 9.79. The molecular weight excluding hydrogens is 124 g/mol. The summed E-state index contributed by atoms with van der Waals surface area (Å²) in [5.74, 6) is 0.310. The minimum absolute atomic E-state index is 0.169. The smallest absolute Gasteiger partial charge is 0.120 e. The highest BCUT2D eigenvalue weighted by molar-refractivity contribution is 5.50. The summed E-state index contributed by atoms with van der Waals surface area (Å²) in [6.45, 7) is 10.0. The molecule has 0 saturated carbocycles. The van der Waals surface area contributed by atoms with E-state index in [2.05, 4.69) is 27.4 Å². The molecule has 58 valence electrons. The fraction of sp³-hybridized carbons (Fsp3) is 0.667. The molecule has 0 amide bonds. The summed E-state index contributed by atoms with van der Waals surface area (Å²) in [5.41, 5.74) is 0.169. The molecule has 0 radical (unpaired) electrons. The lowest BCUT2D eigenvalue weighted by molar-refractivity contribution is -0.108. The van der Waals surface area contributed by atoms with Crippen molar-refractivity contribution in [2.45, 2.75) is 27.2 Å². The number of aldehydes is 1. The first kappa shape index (κ1) is 9.41. The van der Waals surface area contributed by atoms with Crippen LogP contribution in [-0.2, 0) is 4.79 Å². The number of carbonyl (C=O) groups is 1. The van der Waals surface area contributed by atoms with Crippen molar-refractivity contribution in [2.24, 2.45) is 11.3 Å². The van der Waals surface area contributed by atoms with Gasteiger partial charge >= 0.3 is 0 Å². The Balaban J connectivity index is 4.05. The zero-order valence-electron chi connectivity index (χ0n) is 7.05. The quantitative estimate of drug-likeness (QED) is 0.434. The highest BCUT2D eigenvalue weighted by Crippen LogP contribution is 2.28. The van der Waals surface area contributed by atoms with E-state index < -0.39 is 0 Å². The van der Waals surface area contributed by atoms with Crippen LogP contribution in [0.1, 0.15) is 27.2 Å². The SMILES string of the molecule is C=C[C@@H](CC=O)C(C)(C)C. The van der Waals surface area contributed by atoms with E-state index in [4.69, 9.17) is 0 Å². The predicted molar refractivity (Wildman–Crippen MR) is 43.8 cm³/mol. The Morgan fingerprint density at radius 1 is 1.50 bits per heavy atom. The maximum absolute atomic E-state index is 10.2. The molecule has 0 aromatic rings. The van der Waals surface area contributed by atoms with Gasteiger partial charge < -0.3 is 4.79 Å². The second-order valence-corrected chi connectivity index (χ2v) is 3.61. The van der Waals surface area contributed by atoms with Gasteiger partial charge in [0.25, 0.3) is 0 Å². The van der Waals surface area contributed by atoms with Crippen LogP contribution in [0.15, 0.2) is 12.7 Å². The molecule has 0 aliphatic rings. The van der Waals surface area contributed by atoms with Gasteiger partial charge in [0.2, 0.25) is 0 Å². The summed E-state index contributed by atoms with van der Waals surface area (Å²) >= 11 is 0. The lowest BCUT2D eigenvalue weighted by Gasteiger charge is -2.25. The molecule has 0 aliphatic carbocycles. The van der Waals surface area contributed by atoms with Crippen molar-refractivity contribution in [3.05, 3.63) is 12.7 Å². The van der Waals surface area contributed by atoms with E-state index in [0.717, 1.165) is 6.29 Å². The molecule has 0 saturated heterocycles. The average molecular weight is 140 g/mol. The molecule has 0 heterocycles. The standard InChI is InChI=1S/C9H16O/c1-5-8(6-7-10)9(2,3)4/h5,7-8H,1,6H2,2-4H3/t8-/m0/s1. The van der Waals surface area contributed by atoms with Crippen LogP contribution >= 0.6 is 0 Å². The fourth-order valence-corrected chi connectivity index (χ4v) is 0.907. The Bertz CT molecular complexity index is 119. The number of allylic oxidation sites excluding steroid dienone is 1. The number of carbonyl (C=O) groups excluding carboxylic acids is 1. The van der Waals surface area contributed by atoms with Gasteiger partial charge in [-0.1, -0.05) is 26.8 Å². The van der Waals surface area contributed by atoms with Gasteiger partial charge in [0.1, 0.15) is 6.29 Å². The fourth-order valence-electron chi connectivity index (χ4n) is 0.907. The molecule has 0 aromatic carbocycles. The van der Waals surface area contributed by atoms with E-state index in [9.17, 15) is 4.79 Å². The third-order valence-corrected chi connectivity index (χ3v) is 1.75. The summed E-state index contributed by atoms with van der Waals surface area (Å²) < 4.78 is 0. The molecule has 0 aromatic heterocycles. The third kappa shape index (κ3) is 2.81. The lowest BCUT2D eigenvalue weighted by Crippen LogP contribution is -2.18. The monoisotopic (exact) mass is 140 g/mol. The van der Waals surface area contributed by atoms with Gasteiger partial charge in [-0.05, 0) is 11.3 Å². The molecule has 0 N–H and O–H groups in total. The first-order chi connectivity index (χ1) is 4.52. The molecule has 0 bridgehead atoms. The molecule has 10 heavy (non-hydrogen) atoms. The van der Waals surface area contributed by atoms with Crippen molar-refractivity contribution in [3.63, 3.8) is 0 Å². The highest BCUT2D eigenvalue weighted by atomic mass is 16.1. The van der Waals surface area contributed by atoms with E-state index >= 15 is 0 Å². The predicted octanol–water partition coefficient (Wildman–Crippen LogP) is 2.42. The molecule has 0 aliphatic heterocycles. The maximum Gasteiger partial charge on any atom is 0.120 e. The first-order valence-electron chi connectivity index (χ1n) is 3.58.